The number of amides is 1. The van der Waals surface area contributed by atoms with Crippen LogP contribution in [0.3, 0.4) is 0 Å². The third kappa shape index (κ3) is 3.39. The molecule has 1 aromatic carbocycles. The minimum absolute atomic E-state index is 0.0991. The minimum atomic E-state index is -0.284. The molecule has 0 bridgehead atoms. The van der Waals surface area contributed by atoms with E-state index < -0.39 is 0 Å². The molecule has 11 heteroatoms. The molecule has 0 radical (unpaired) electrons. The van der Waals surface area contributed by atoms with E-state index in [2.05, 4.69) is 20.2 Å². The molecule has 5 heterocycles. The summed E-state index contributed by atoms with van der Waals surface area (Å²) in [7, 11) is 0. The highest BCUT2D eigenvalue weighted by molar-refractivity contribution is 7.18. The van der Waals surface area contributed by atoms with E-state index in [4.69, 9.17) is 0 Å². The first-order valence-electron chi connectivity index (χ1n) is 11.0. The van der Waals surface area contributed by atoms with Crippen molar-refractivity contribution in [3.8, 4) is 5.95 Å². The summed E-state index contributed by atoms with van der Waals surface area (Å²) in [5.41, 5.74) is 1.92. The van der Waals surface area contributed by atoms with Crippen LogP contribution in [-0.2, 0) is 0 Å². The number of H-pyrrole nitrogens is 1. The van der Waals surface area contributed by atoms with Gasteiger partial charge in [-0.1, -0.05) is 0 Å². The number of likely N-dealkylation sites (tertiary alicyclic amines) is 1. The van der Waals surface area contributed by atoms with Gasteiger partial charge in [0.2, 0.25) is 5.95 Å². The lowest BCUT2D eigenvalue weighted by Crippen LogP contribution is -2.38. The average molecular weight is 478 g/mol. The van der Waals surface area contributed by atoms with Gasteiger partial charge in [-0.05, 0) is 44.0 Å². The molecule has 0 atom stereocenters. The summed E-state index contributed by atoms with van der Waals surface area (Å²) < 4.78 is 17.4. The van der Waals surface area contributed by atoms with Crippen LogP contribution in [0.25, 0.3) is 21.7 Å². The number of aromatic amines is 1. The molecular formula is C23H20FN7O2S. The molecule has 1 N–H and O–H groups in total. The fraction of sp³-hybridized carbons (Fsp3) is 0.261. The number of carbonyl (C=O) groups is 1. The highest BCUT2D eigenvalue weighted by Crippen LogP contribution is 2.34. The predicted octanol–water partition coefficient (Wildman–Crippen LogP) is 3.29. The lowest BCUT2D eigenvalue weighted by atomic mass is 9.97. The van der Waals surface area contributed by atoms with Gasteiger partial charge in [-0.15, -0.1) is 16.4 Å². The lowest BCUT2D eigenvalue weighted by Gasteiger charge is -2.31. The van der Waals surface area contributed by atoms with Crippen LogP contribution in [0.2, 0.25) is 0 Å². The van der Waals surface area contributed by atoms with Crippen molar-refractivity contribution in [3.63, 3.8) is 0 Å². The van der Waals surface area contributed by atoms with Crippen molar-refractivity contribution in [1.82, 2.24) is 34.3 Å². The molecule has 0 unspecified atom stereocenters. The number of nitrogens with one attached hydrogen (secondary N) is 1. The van der Waals surface area contributed by atoms with Crippen LogP contribution in [0.15, 0.2) is 47.5 Å². The number of halogens is 1. The normalized spacial score (nSPS) is 14.9. The van der Waals surface area contributed by atoms with Gasteiger partial charge in [0.15, 0.2) is 0 Å². The van der Waals surface area contributed by atoms with E-state index in [1.165, 1.54) is 27.5 Å². The Morgan fingerprint density at radius 1 is 1.24 bits per heavy atom. The maximum absolute atomic E-state index is 13.5. The van der Waals surface area contributed by atoms with Gasteiger partial charge < -0.3 is 4.90 Å². The lowest BCUT2D eigenvalue weighted by molar-refractivity contribution is 0.0712. The number of hydrogen-bond donors (Lipinski definition) is 1. The van der Waals surface area contributed by atoms with E-state index in [-0.39, 0.29) is 29.1 Å². The van der Waals surface area contributed by atoms with Crippen molar-refractivity contribution in [2.75, 3.05) is 13.1 Å². The van der Waals surface area contributed by atoms with Crippen LogP contribution in [0.1, 0.15) is 39.8 Å². The molecule has 172 valence electrons. The van der Waals surface area contributed by atoms with Gasteiger partial charge in [-0.25, -0.2) is 18.6 Å². The van der Waals surface area contributed by atoms with Gasteiger partial charge in [-0.2, -0.15) is 5.10 Å². The van der Waals surface area contributed by atoms with Crippen molar-refractivity contribution < 1.29 is 9.18 Å². The maximum Gasteiger partial charge on any atom is 0.276 e. The third-order valence-electron chi connectivity index (χ3n) is 6.33. The summed E-state index contributed by atoms with van der Waals surface area (Å²) in [6.45, 7) is 2.98. The van der Waals surface area contributed by atoms with Crippen molar-refractivity contribution in [1.29, 1.82) is 0 Å². The largest absolute Gasteiger partial charge is 0.338 e. The number of benzene rings is 1. The Labute approximate surface area is 196 Å². The highest BCUT2D eigenvalue weighted by Gasteiger charge is 2.28. The number of hydrogen-bond acceptors (Lipinski definition) is 6. The van der Waals surface area contributed by atoms with Gasteiger partial charge >= 0.3 is 0 Å². The van der Waals surface area contributed by atoms with Crippen molar-refractivity contribution in [2.45, 2.75) is 25.7 Å². The van der Waals surface area contributed by atoms with E-state index in [1.807, 2.05) is 4.90 Å². The third-order valence-corrected chi connectivity index (χ3v) is 7.53. The number of aromatic nitrogens is 6. The fourth-order valence-corrected chi connectivity index (χ4v) is 5.57. The second-order valence-electron chi connectivity index (χ2n) is 8.40. The summed E-state index contributed by atoms with van der Waals surface area (Å²) in [6, 6.07) is 8.10. The standard InChI is InChI=1S/C23H20FN7O2S/c1-13-16(12-25-31(13)23-27-20(32)18-3-2-8-30(18)28-23)22(33)29-9-6-14(7-10-29)21-26-17-11-15(24)4-5-19(17)34-21/h2-5,8,11-12,14H,6-7,9-10H2,1H3,(H,27,28,32). The summed E-state index contributed by atoms with van der Waals surface area (Å²) in [5.74, 6) is 0.110. The number of thiazole rings is 1. The predicted molar refractivity (Wildman–Crippen MR) is 125 cm³/mol. The first-order chi connectivity index (χ1) is 16.5. The van der Waals surface area contributed by atoms with E-state index in [9.17, 15) is 14.0 Å². The molecule has 5 aromatic rings. The Morgan fingerprint density at radius 3 is 2.88 bits per heavy atom. The van der Waals surface area contributed by atoms with E-state index in [1.54, 1.807) is 42.7 Å². The second-order valence-corrected chi connectivity index (χ2v) is 9.46. The Hall–Kier alpha value is -3.86. The van der Waals surface area contributed by atoms with E-state index in [0.29, 0.717) is 35.4 Å². The molecule has 0 saturated carbocycles. The van der Waals surface area contributed by atoms with Gasteiger partial charge in [-0.3, -0.25) is 14.6 Å². The Balaban J connectivity index is 1.20. The molecule has 1 fully saturated rings. The number of carbonyl (C=O) groups excluding carboxylic acids is 1. The molecule has 1 aliphatic rings. The molecule has 6 rings (SSSR count). The summed E-state index contributed by atoms with van der Waals surface area (Å²) in [5, 5.41) is 9.69. The summed E-state index contributed by atoms with van der Waals surface area (Å²) in [6.07, 6.45) is 4.79. The Morgan fingerprint density at radius 2 is 2.06 bits per heavy atom. The molecule has 0 spiro atoms. The van der Waals surface area contributed by atoms with Crippen molar-refractivity contribution in [3.05, 3.63) is 75.2 Å². The van der Waals surface area contributed by atoms with Crippen LogP contribution in [0, 0.1) is 12.7 Å². The Kier molecular flexibility index (Phi) is 4.80. The zero-order valence-corrected chi connectivity index (χ0v) is 19.0. The van der Waals surface area contributed by atoms with E-state index in [0.717, 1.165) is 22.5 Å². The average Bonchev–Trinajstić information content (AvgIpc) is 3.56. The molecular weight excluding hydrogens is 457 g/mol. The monoisotopic (exact) mass is 477 g/mol. The van der Waals surface area contributed by atoms with Crippen LogP contribution in [-0.4, -0.2) is 53.3 Å². The van der Waals surface area contributed by atoms with Crippen LogP contribution in [0.4, 0.5) is 4.39 Å². The molecule has 0 aliphatic carbocycles. The Bertz CT molecular complexity index is 1610. The van der Waals surface area contributed by atoms with E-state index >= 15 is 0 Å². The van der Waals surface area contributed by atoms with Crippen molar-refractivity contribution >= 4 is 33.0 Å². The molecule has 34 heavy (non-hydrogen) atoms. The molecule has 4 aromatic heterocycles. The first kappa shape index (κ1) is 20.7. The van der Waals surface area contributed by atoms with Gasteiger partial charge in [0.05, 0.1) is 32.7 Å². The molecule has 9 nitrogen and oxygen atoms in total. The smallest absolute Gasteiger partial charge is 0.276 e. The zero-order chi connectivity index (χ0) is 23.4. The van der Waals surface area contributed by atoms with Crippen LogP contribution in [0.5, 0.6) is 0 Å². The molecule has 1 aliphatic heterocycles. The second kappa shape index (κ2) is 7.87. The minimum Gasteiger partial charge on any atom is -0.338 e. The topological polar surface area (TPSA) is 101 Å². The number of fused-ring (bicyclic) bond motifs is 2. The number of nitrogens with zero attached hydrogens (tertiary/aromatic N) is 6. The zero-order valence-electron chi connectivity index (χ0n) is 18.2. The first-order valence-corrected chi connectivity index (χ1v) is 11.8. The summed E-state index contributed by atoms with van der Waals surface area (Å²) in [4.78, 5) is 34.7. The SMILES string of the molecule is Cc1c(C(=O)N2CCC(c3nc4cc(F)ccc4s3)CC2)cnn1-c1nn2cccc2c(=O)[nH]1. The van der Waals surface area contributed by atoms with Gasteiger partial charge in [0.25, 0.3) is 11.5 Å². The fourth-order valence-electron chi connectivity index (χ4n) is 4.45. The van der Waals surface area contributed by atoms with Crippen molar-refractivity contribution in [2.24, 2.45) is 0 Å². The van der Waals surface area contributed by atoms with Crippen LogP contribution >= 0.6 is 11.3 Å². The molecule has 1 amide bonds. The number of rotatable bonds is 3. The highest BCUT2D eigenvalue weighted by atomic mass is 32.1. The molecule has 1 saturated heterocycles. The van der Waals surface area contributed by atoms with Gasteiger partial charge in [0.1, 0.15) is 11.3 Å². The maximum atomic E-state index is 13.5. The quantitative estimate of drug-likeness (QED) is 0.430. The summed E-state index contributed by atoms with van der Waals surface area (Å²) >= 11 is 1.59. The number of piperidine rings is 1. The van der Waals surface area contributed by atoms with Crippen LogP contribution < -0.4 is 5.56 Å². The van der Waals surface area contributed by atoms with Gasteiger partial charge in [0, 0.05) is 31.3 Å².